The smallest absolute Gasteiger partial charge is 0.251 e. The second kappa shape index (κ2) is 6.16. The fourth-order valence-electron chi connectivity index (χ4n) is 1.15. The highest BCUT2D eigenvalue weighted by Gasteiger charge is 2.01. The fraction of sp³-hybridized carbons (Fsp3) is 0.364. The molecule has 0 aromatic heterocycles. The third-order valence-corrected chi connectivity index (χ3v) is 1.95. The lowest BCUT2D eigenvalue weighted by Gasteiger charge is -2.04. The number of hydrogen-bond donors (Lipinski definition) is 2. The number of aliphatic hydroxyl groups excluding tert-OH is 1. The molecule has 0 aliphatic rings. The molecule has 1 amide bonds. The molecule has 0 bridgehead atoms. The summed E-state index contributed by atoms with van der Waals surface area (Å²) in [5, 5.41) is 11.1. The molecule has 0 atom stereocenters. The van der Waals surface area contributed by atoms with Crippen molar-refractivity contribution in [3.8, 4) is 0 Å². The first kappa shape index (κ1) is 11.7. The van der Waals surface area contributed by atoms with Crippen LogP contribution in [-0.4, -0.2) is 31.3 Å². The van der Waals surface area contributed by atoms with Crippen LogP contribution in [0.1, 0.15) is 15.9 Å². The molecule has 82 valence electrons. The lowest BCUT2D eigenvalue weighted by molar-refractivity contribution is 0.0815. The van der Waals surface area contributed by atoms with Crippen molar-refractivity contribution in [2.75, 3.05) is 20.3 Å². The predicted molar refractivity (Wildman–Crippen MR) is 56.6 cm³/mol. The molecular weight excluding hydrogens is 194 g/mol. The lowest BCUT2D eigenvalue weighted by Crippen LogP contribution is -2.17. The molecule has 0 heterocycles. The zero-order valence-corrected chi connectivity index (χ0v) is 8.69. The Morgan fingerprint density at radius 2 is 2.07 bits per heavy atom. The summed E-state index contributed by atoms with van der Waals surface area (Å²) >= 11 is 0. The molecule has 1 aromatic rings. The Morgan fingerprint density at radius 3 is 2.60 bits per heavy atom. The summed E-state index contributed by atoms with van der Waals surface area (Å²) in [6.45, 7) is 0.808. The molecule has 2 N–H and O–H groups in total. The summed E-state index contributed by atoms with van der Waals surface area (Å²) in [5.41, 5.74) is 1.61. The quantitative estimate of drug-likeness (QED) is 0.696. The normalized spacial score (nSPS) is 10.0. The summed E-state index contributed by atoms with van der Waals surface area (Å²) < 4.78 is 5.14. The van der Waals surface area contributed by atoms with Gasteiger partial charge in [0.2, 0.25) is 0 Å². The summed E-state index contributed by atoms with van der Waals surface area (Å²) in [6, 6.07) is 7.16. The van der Waals surface area contributed by atoms with E-state index in [4.69, 9.17) is 9.84 Å². The predicted octanol–water partition coefficient (Wildman–Crippen LogP) is 0.555. The summed E-state index contributed by atoms with van der Waals surface area (Å²) in [4.78, 5) is 11.2. The van der Waals surface area contributed by atoms with Gasteiger partial charge in [0.1, 0.15) is 0 Å². The van der Waals surface area contributed by atoms with E-state index in [-0.39, 0.29) is 12.5 Å². The van der Waals surface area contributed by atoms with Crippen molar-refractivity contribution in [1.29, 1.82) is 0 Å². The number of benzene rings is 1. The van der Waals surface area contributed by atoms with Gasteiger partial charge in [-0.2, -0.15) is 0 Å². The minimum absolute atomic E-state index is 0.0241. The van der Waals surface area contributed by atoms with Gasteiger partial charge in [-0.1, -0.05) is 12.1 Å². The van der Waals surface area contributed by atoms with Crippen LogP contribution in [0.15, 0.2) is 24.3 Å². The molecule has 0 saturated carbocycles. The molecule has 0 aliphatic heterocycles. The number of ether oxygens (including phenoxy) is 1. The number of hydrogen-bond acceptors (Lipinski definition) is 3. The third kappa shape index (κ3) is 3.69. The molecule has 0 unspecified atom stereocenters. The van der Waals surface area contributed by atoms with Crippen LogP contribution in [0.3, 0.4) is 0 Å². The highest BCUT2D eigenvalue weighted by atomic mass is 16.5. The molecule has 1 aromatic carbocycles. The van der Waals surface area contributed by atoms with Gasteiger partial charge >= 0.3 is 0 Å². The maximum Gasteiger partial charge on any atom is 0.251 e. The second-order valence-electron chi connectivity index (χ2n) is 3.05. The first-order chi connectivity index (χ1) is 7.27. The maximum atomic E-state index is 11.2. The minimum Gasteiger partial charge on any atom is -0.394 e. The average molecular weight is 209 g/mol. The molecule has 0 fully saturated rings. The van der Waals surface area contributed by atoms with Crippen molar-refractivity contribution in [2.24, 2.45) is 0 Å². The van der Waals surface area contributed by atoms with Gasteiger partial charge in [0.15, 0.2) is 0 Å². The first-order valence-corrected chi connectivity index (χ1v) is 4.77. The average Bonchev–Trinajstić information content (AvgIpc) is 2.29. The number of rotatable bonds is 5. The third-order valence-electron chi connectivity index (χ3n) is 1.95. The lowest BCUT2D eigenvalue weighted by atomic mass is 10.1. The number of amides is 1. The number of carbonyl (C=O) groups is 1. The van der Waals surface area contributed by atoms with Gasteiger partial charge in [0.25, 0.3) is 5.91 Å². The molecule has 1 rings (SSSR count). The zero-order valence-electron chi connectivity index (χ0n) is 8.69. The Labute approximate surface area is 88.9 Å². The topological polar surface area (TPSA) is 58.6 Å². The van der Waals surface area contributed by atoms with E-state index in [1.54, 1.807) is 19.2 Å². The number of aliphatic hydroxyl groups is 1. The molecule has 0 saturated heterocycles. The standard InChI is InChI=1S/C11H15NO3/c1-12-11(14)10-4-2-9(3-5-10)8-15-7-6-13/h2-5,13H,6-8H2,1H3,(H,12,14). The first-order valence-electron chi connectivity index (χ1n) is 4.77. The van der Waals surface area contributed by atoms with Gasteiger partial charge in [-0.25, -0.2) is 0 Å². The van der Waals surface area contributed by atoms with E-state index in [1.807, 2.05) is 12.1 Å². The Kier molecular flexibility index (Phi) is 4.80. The summed E-state index contributed by atoms with van der Waals surface area (Å²) in [6.07, 6.45) is 0. The van der Waals surface area contributed by atoms with Crippen LogP contribution in [0, 0.1) is 0 Å². The molecule has 4 nitrogen and oxygen atoms in total. The number of carbonyl (C=O) groups excluding carboxylic acids is 1. The molecular formula is C11H15NO3. The van der Waals surface area contributed by atoms with Gasteiger partial charge in [-0.15, -0.1) is 0 Å². The van der Waals surface area contributed by atoms with Crippen LogP contribution in [0.2, 0.25) is 0 Å². The molecule has 0 spiro atoms. The van der Waals surface area contributed by atoms with E-state index in [0.29, 0.717) is 18.8 Å². The van der Waals surface area contributed by atoms with E-state index in [2.05, 4.69) is 5.32 Å². The molecule has 0 aliphatic carbocycles. The SMILES string of the molecule is CNC(=O)c1ccc(COCCO)cc1. The highest BCUT2D eigenvalue weighted by Crippen LogP contribution is 2.05. The van der Waals surface area contributed by atoms with Crippen LogP contribution < -0.4 is 5.32 Å². The van der Waals surface area contributed by atoms with Gasteiger partial charge < -0.3 is 15.2 Å². The van der Waals surface area contributed by atoms with Crippen LogP contribution in [0.4, 0.5) is 0 Å². The summed E-state index contributed by atoms with van der Waals surface area (Å²) in [7, 11) is 1.60. The minimum atomic E-state index is -0.0992. The van der Waals surface area contributed by atoms with Crippen LogP contribution >= 0.6 is 0 Å². The summed E-state index contributed by atoms with van der Waals surface area (Å²) in [5.74, 6) is -0.0992. The van der Waals surface area contributed by atoms with Crippen molar-refractivity contribution < 1.29 is 14.6 Å². The Hall–Kier alpha value is -1.39. The van der Waals surface area contributed by atoms with Gasteiger partial charge in [-0.3, -0.25) is 4.79 Å². The van der Waals surface area contributed by atoms with E-state index in [9.17, 15) is 4.79 Å². The van der Waals surface area contributed by atoms with Crippen LogP contribution in [0.25, 0.3) is 0 Å². The molecule has 0 radical (unpaired) electrons. The largest absolute Gasteiger partial charge is 0.394 e. The van der Waals surface area contributed by atoms with Crippen LogP contribution in [0.5, 0.6) is 0 Å². The molecule has 4 heteroatoms. The fourth-order valence-corrected chi connectivity index (χ4v) is 1.15. The van der Waals surface area contributed by atoms with E-state index < -0.39 is 0 Å². The number of nitrogens with one attached hydrogen (secondary N) is 1. The van der Waals surface area contributed by atoms with Crippen molar-refractivity contribution in [3.63, 3.8) is 0 Å². The second-order valence-corrected chi connectivity index (χ2v) is 3.05. The van der Waals surface area contributed by atoms with Crippen molar-refractivity contribution >= 4 is 5.91 Å². The van der Waals surface area contributed by atoms with Gasteiger partial charge in [0, 0.05) is 12.6 Å². The van der Waals surface area contributed by atoms with Crippen molar-refractivity contribution in [3.05, 3.63) is 35.4 Å². The monoisotopic (exact) mass is 209 g/mol. The van der Waals surface area contributed by atoms with E-state index in [1.165, 1.54) is 0 Å². The van der Waals surface area contributed by atoms with E-state index >= 15 is 0 Å². The van der Waals surface area contributed by atoms with Gasteiger partial charge in [-0.05, 0) is 17.7 Å². The zero-order chi connectivity index (χ0) is 11.1. The van der Waals surface area contributed by atoms with Crippen molar-refractivity contribution in [2.45, 2.75) is 6.61 Å². The molecule has 15 heavy (non-hydrogen) atoms. The Bertz CT molecular complexity index is 308. The Morgan fingerprint density at radius 1 is 1.40 bits per heavy atom. The highest BCUT2D eigenvalue weighted by molar-refractivity contribution is 5.93. The van der Waals surface area contributed by atoms with E-state index in [0.717, 1.165) is 5.56 Å². The van der Waals surface area contributed by atoms with Crippen molar-refractivity contribution in [1.82, 2.24) is 5.32 Å². The van der Waals surface area contributed by atoms with Crippen LogP contribution in [-0.2, 0) is 11.3 Å². The maximum absolute atomic E-state index is 11.2. The Balaban J connectivity index is 2.52. The van der Waals surface area contributed by atoms with Gasteiger partial charge in [0.05, 0.1) is 19.8 Å².